The lowest BCUT2D eigenvalue weighted by atomic mass is 9.73. The molecule has 0 spiro atoms. The van der Waals surface area contributed by atoms with Crippen molar-refractivity contribution in [1.29, 1.82) is 0 Å². The Bertz CT molecular complexity index is 372. The van der Waals surface area contributed by atoms with Gasteiger partial charge in [-0.3, -0.25) is 9.48 Å². The molecule has 1 aliphatic rings. The highest BCUT2D eigenvalue weighted by Crippen LogP contribution is 2.41. The molecule has 0 radical (unpaired) electrons. The first kappa shape index (κ1) is 9.18. The first-order valence-electron chi connectivity index (χ1n) is 4.70. The van der Waals surface area contributed by atoms with E-state index in [2.05, 4.69) is 10.1 Å². The van der Waals surface area contributed by atoms with Gasteiger partial charge in [-0.2, -0.15) is 5.10 Å². The summed E-state index contributed by atoms with van der Waals surface area (Å²) < 4.78 is 1.69. The zero-order valence-corrected chi connectivity index (χ0v) is 8.27. The highest BCUT2D eigenvalue weighted by atomic mass is 16.4. The van der Waals surface area contributed by atoms with Gasteiger partial charge in [0.1, 0.15) is 11.6 Å². The first-order chi connectivity index (χ1) is 6.59. The molecule has 14 heavy (non-hydrogen) atoms. The van der Waals surface area contributed by atoms with Gasteiger partial charge in [0.15, 0.2) is 0 Å². The first-order valence-corrected chi connectivity index (χ1v) is 4.70. The van der Waals surface area contributed by atoms with Crippen molar-refractivity contribution < 1.29 is 9.90 Å². The third-order valence-electron chi connectivity index (χ3n) is 2.83. The topological polar surface area (TPSA) is 68.0 Å². The number of rotatable bonds is 2. The van der Waals surface area contributed by atoms with Crippen molar-refractivity contribution >= 4 is 5.97 Å². The summed E-state index contributed by atoms with van der Waals surface area (Å²) in [5.41, 5.74) is 0. The molecule has 2 atom stereocenters. The molecule has 2 unspecified atom stereocenters. The van der Waals surface area contributed by atoms with Crippen LogP contribution in [0.15, 0.2) is 0 Å². The molecule has 1 aliphatic carbocycles. The van der Waals surface area contributed by atoms with Gasteiger partial charge in [-0.25, -0.2) is 4.98 Å². The van der Waals surface area contributed by atoms with Crippen LogP contribution < -0.4 is 0 Å². The van der Waals surface area contributed by atoms with Gasteiger partial charge in [-0.1, -0.05) is 0 Å². The highest BCUT2D eigenvalue weighted by Gasteiger charge is 2.40. The summed E-state index contributed by atoms with van der Waals surface area (Å²) in [6.07, 6.45) is 1.66. The molecule has 5 nitrogen and oxygen atoms in total. The Balaban J connectivity index is 2.24. The van der Waals surface area contributed by atoms with E-state index in [9.17, 15) is 4.79 Å². The van der Waals surface area contributed by atoms with Crippen molar-refractivity contribution in [2.75, 3.05) is 0 Å². The summed E-state index contributed by atoms with van der Waals surface area (Å²) in [4.78, 5) is 15.1. The largest absolute Gasteiger partial charge is 0.481 e. The SMILES string of the molecule is Cc1nc(C2CCC2C(=O)O)n(C)n1. The zero-order valence-electron chi connectivity index (χ0n) is 8.27. The number of aromatic nitrogens is 3. The fourth-order valence-corrected chi connectivity index (χ4v) is 1.96. The van der Waals surface area contributed by atoms with E-state index in [1.165, 1.54) is 0 Å². The van der Waals surface area contributed by atoms with E-state index in [1.807, 2.05) is 14.0 Å². The number of aryl methyl sites for hydroxylation is 2. The molecule has 1 saturated carbocycles. The number of hydrogen-bond donors (Lipinski definition) is 1. The van der Waals surface area contributed by atoms with E-state index in [-0.39, 0.29) is 11.8 Å². The lowest BCUT2D eigenvalue weighted by molar-refractivity contribution is -0.145. The van der Waals surface area contributed by atoms with Gasteiger partial charge in [0.05, 0.1) is 5.92 Å². The van der Waals surface area contributed by atoms with Gasteiger partial charge in [0, 0.05) is 13.0 Å². The predicted molar refractivity (Wildman–Crippen MR) is 48.8 cm³/mol. The van der Waals surface area contributed by atoms with E-state index < -0.39 is 5.97 Å². The predicted octanol–water partition coefficient (Wildman–Crippen LogP) is 0.702. The minimum Gasteiger partial charge on any atom is -0.481 e. The molecule has 76 valence electrons. The van der Waals surface area contributed by atoms with Gasteiger partial charge in [0.2, 0.25) is 0 Å². The number of carboxylic acids is 1. The van der Waals surface area contributed by atoms with Crippen molar-refractivity contribution in [2.24, 2.45) is 13.0 Å². The van der Waals surface area contributed by atoms with Crippen LogP contribution in [0.2, 0.25) is 0 Å². The molecule has 2 rings (SSSR count). The maximum absolute atomic E-state index is 10.8. The fourth-order valence-electron chi connectivity index (χ4n) is 1.96. The monoisotopic (exact) mass is 195 g/mol. The van der Waals surface area contributed by atoms with Gasteiger partial charge in [-0.05, 0) is 19.8 Å². The summed E-state index contributed by atoms with van der Waals surface area (Å²) >= 11 is 0. The van der Waals surface area contributed by atoms with Crippen molar-refractivity contribution in [3.05, 3.63) is 11.6 Å². The molecule has 1 aromatic rings. The smallest absolute Gasteiger partial charge is 0.307 e. The summed E-state index contributed by atoms with van der Waals surface area (Å²) in [5.74, 6) is 0.581. The molecule has 1 N–H and O–H groups in total. The number of carbonyl (C=O) groups is 1. The van der Waals surface area contributed by atoms with E-state index in [0.717, 1.165) is 18.7 Å². The maximum Gasteiger partial charge on any atom is 0.307 e. The van der Waals surface area contributed by atoms with Gasteiger partial charge in [0.25, 0.3) is 0 Å². The Morgan fingerprint density at radius 1 is 1.57 bits per heavy atom. The Labute approximate surface area is 81.8 Å². The Kier molecular flexibility index (Phi) is 2.02. The third-order valence-corrected chi connectivity index (χ3v) is 2.83. The average molecular weight is 195 g/mol. The second-order valence-corrected chi connectivity index (χ2v) is 3.77. The van der Waals surface area contributed by atoms with Crippen molar-refractivity contribution in [1.82, 2.24) is 14.8 Å². The molecule has 1 aromatic heterocycles. The Morgan fingerprint density at radius 2 is 2.29 bits per heavy atom. The van der Waals surface area contributed by atoms with Crippen LogP contribution in [0.1, 0.15) is 30.4 Å². The van der Waals surface area contributed by atoms with Crippen LogP contribution in [0.25, 0.3) is 0 Å². The number of nitrogens with zero attached hydrogens (tertiary/aromatic N) is 3. The van der Waals surface area contributed by atoms with Crippen LogP contribution >= 0.6 is 0 Å². The van der Waals surface area contributed by atoms with E-state index in [1.54, 1.807) is 4.68 Å². The number of hydrogen-bond acceptors (Lipinski definition) is 3. The summed E-state index contributed by atoms with van der Waals surface area (Å²) in [5, 5.41) is 13.0. The van der Waals surface area contributed by atoms with Gasteiger partial charge >= 0.3 is 5.97 Å². The fraction of sp³-hybridized carbons (Fsp3) is 0.667. The minimum atomic E-state index is -0.720. The molecule has 5 heteroatoms. The zero-order chi connectivity index (χ0) is 10.3. The van der Waals surface area contributed by atoms with Crippen LogP contribution in [0, 0.1) is 12.8 Å². The molecule has 0 bridgehead atoms. The number of aliphatic carboxylic acids is 1. The average Bonchev–Trinajstić information content (AvgIpc) is 2.27. The molecule has 1 heterocycles. The number of carboxylic acid groups (broad SMARTS) is 1. The Morgan fingerprint density at radius 3 is 2.64 bits per heavy atom. The molecule has 0 aromatic carbocycles. The summed E-state index contributed by atoms with van der Waals surface area (Å²) in [6, 6.07) is 0. The van der Waals surface area contributed by atoms with Crippen molar-refractivity contribution in [3.8, 4) is 0 Å². The highest BCUT2D eigenvalue weighted by molar-refractivity contribution is 5.72. The molecular weight excluding hydrogens is 182 g/mol. The van der Waals surface area contributed by atoms with Crippen LogP contribution in [-0.4, -0.2) is 25.8 Å². The molecular formula is C9H13N3O2. The molecule has 0 amide bonds. The minimum absolute atomic E-state index is 0.0544. The van der Waals surface area contributed by atoms with Crippen LogP contribution in [0.3, 0.4) is 0 Å². The normalized spacial score (nSPS) is 25.9. The summed E-state index contributed by atoms with van der Waals surface area (Å²) in [6.45, 7) is 1.82. The molecule has 0 saturated heterocycles. The van der Waals surface area contributed by atoms with Gasteiger partial charge in [-0.15, -0.1) is 0 Å². The second kappa shape index (κ2) is 3.08. The van der Waals surface area contributed by atoms with Crippen LogP contribution in [0.5, 0.6) is 0 Å². The second-order valence-electron chi connectivity index (χ2n) is 3.77. The Hall–Kier alpha value is -1.39. The molecule has 1 fully saturated rings. The van der Waals surface area contributed by atoms with Crippen molar-refractivity contribution in [2.45, 2.75) is 25.7 Å². The van der Waals surface area contributed by atoms with Gasteiger partial charge < -0.3 is 5.11 Å². The van der Waals surface area contributed by atoms with E-state index in [0.29, 0.717) is 5.82 Å². The quantitative estimate of drug-likeness (QED) is 0.754. The van der Waals surface area contributed by atoms with Crippen LogP contribution in [-0.2, 0) is 11.8 Å². The maximum atomic E-state index is 10.8. The van der Waals surface area contributed by atoms with E-state index >= 15 is 0 Å². The standard InChI is InChI=1S/C9H13N3O2/c1-5-10-8(12(2)11-5)6-3-4-7(6)9(13)14/h6-7H,3-4H2,1-2H3,(H,13,14). The van der Waals surface area contributed by atoms with Crippen LogP contribution in [0.4, 0.5) is 0 Å². The molecule has 0 aliphatic heterocycles. The summed E-state index contributed by atoms with van der Waals surface area (Å²) in [7, 11) is 1.81. The van der Waals surface area contributed by atoms with Crippen molar-refractivity contribution in [3.63, 3.8) is 0 Å². The lowest BCUT2D eigenvalue weighted by Gasteiger charge is -2.32. The third kappa shape index (κ3) is 1.29. The lowest BCUT2D eigenvalue weighted by Crippen LogP contribution is -2.32. The van der Waals surface area contributed by atoms with E-state index in [4.69, 9.17) is 5.11 Å².